The Balaban J connectivity index is 2.09. The fourth-order valence-electron chi connectivity index (χ4n) is 1.57. The van der Waals surface area contributed by atoms with Crippen molar-refractivity contribution in [2.45, 2.75) is 26.3 Å². The van der Waals surface area contributed by atoms with E-state index >= 15 is 0 Å². The molecular formula is C11H15N3S. The summed E-state index contributed by atoms with van der Waals surface area (Å²) in [6.07, 6.45) is 2.93. The fourth-order valence-corrected chi connectivity index (χ4v) is 1.68. The molecule has 15 heavy (non-hydrogen) atoms. The lowest BCUT2D eigenvalue weighted by molar-refractivity contribution is 0.630. The van der Waals surface area contributed by atoms with E-state index in [2.05, 4.69) is 24.1 Å². The van der Waals surface area contributed by atoms with Crippen molar-refractivity contribution in [1.82, 2.24) is 4.98 Å². The standard InChI is InChI=1S/C11H15N3S/c1-11(2)6-9(11)14-7-3-4-13-8(5-7)10(12)15/h3-5,9H,6H2,1-2H3,(H2,12,15)(H,13,14). The number of thiocarbonyl (C=S) groups is 1. The van der Waals surface area contributed by atoms with Crippen LogP contribution in [-0.4, -0.2) is 16.0 Å². The molecule has 0 bridgehead atoms. The minimum atomic E-state index is 0.341. The maximum absolute atomic E-state index is 5.52. The van der Waals surface area contributed by atoms with Crippen LogP contribution in [0.1, 0.15) is 26.0 Å². The van der Waals surface area contributed by atoms with Gasteiger partial charge < -0.3 is 11.1 Å². The molecular weight excluding hydrogens is 206 g/mol. The van der Waals surface area contributed by atoms with E-state index in [0.29, 0.717) is 22.1 Å². The van der Waals surface area contributed by atoms with Gasteiger partial charge >= 0.3 is 0 Å². The molecule has 1 unspecified atom stereocenters. The molecule has 3 nitrogen and oxygen atoms in total. The highest BCUT2D eigenvalue weighted by Crippen LogP contribution is 2.46. The van der Waals surface area contributed by atoms with E-state index in [1.54, 1.807) is 6.20 Å². The Morgan fingerprint density at radius 1 is 1.67 bits per heavy atom. The molecule has 0 amide bonds. The van der Waals surface area contributed by atoms with E-state index in [1.165, 1.54) is 6.42 Å². The lowest BCUT2D eigenvalue weighted by Gasteiger charge is -2.08. The summed E-state index contributed by atoms with van der Waals surface area (Å²) in [4.78, 5) is 4.44. The van der Waals surface area contributed by atoms with Gasteiger partial charge in [0.1, 0.15) is 4.99 Å². The summed E-state index contributed by atoms with van der Waals surface area (Å²) in [7, 11) is 0. The quantitative estimate of drug-likeness (QED) is 0.766. The highest BCUT2D eigenvalue weighted by atomic mass is 32.1. The van der Waals surface area contributed by atoms with Crippen LogP contribution in [0, 0.1) is 5.41 Å². The van der Waals surface area contributed by atoms with Crippen LogP contribution in [0.4, 0.5) is 5.69 Å². The topological polar surface area (TPSA) is 50.9 Å². The summed E-state index contributed by atoms with van der Waals surface area (Å²) in [5.41, 5.74) is 7.65. The molecule has 1 saturated carbocycles. The third-order valence-electron chi connectivity index (χ3n) is 2.87. The monoisotopic (exact) mass is 221 g/mol. The van der Waals surface area contributed by atoms with Crippen LogP contribution < -0.4 is 11.1 Å². The molecule has 1 aromatic heterocycles. The molecule has 4 heteroatoms. The van der Waals surface area contributed by atoms with Crippen LogP contribution in [0.25, 0.3) is 0 Å². The van der Waals surface area contributed by atoms with Crippen LogP contribution in [0.2, 0.25) is 0 Å². The second kappa shape index (κ2) is 3.45. The van der Waals surface area contributed by atoms with Gasteiger partial charge in [-0.25, -0.2) is 0 Å². The Kier molecular flexibility index (Phi) is 2.38. The number of nitrogens with two attached hydrogens (primary N) is 1. The number of rotatable bonds is 3. The average Bonchev–Trinajstić information content (AvgIpc) is 2.74. The van der Waals surface area contributed by atoms with Gasteiger partial charge in [0.15, 0.2) is 0 Å². The number of nitrogens with one attached hydrogen (secondary N) is 1. The van der Waals surface area contributed by atoms with Crippen molar-refractivity contribution in [3.63, 3.8) is 0 Å². The van der Waals surface area contributed by atoms with Crippen molar-refractivity contribution in [2.75, 3.05) is 5.32 Å². The first kappa shape index (κ1) is 10.4. The Morgan fingerprint density at radius 2 is 2.33 bits per heavy atom. The van der Waals surface area contributed by atoms with E-state index in [4.69, 9.17) is 18.0 Å². The van der Waals surface area contributed by atoms with E-state index in [9.17, 15) is 0 Å². The second-order valence-corrected chi connectivity index (χ2v) is 5.12. The average molecular weight is 221 g/mol. The Bertz CT molecular complexity index is 401. The molecule has 80 valence electrons. The SMILES string of the molecule is CC1(C)CC1Nc1ccnc(C(N)=S)c1. The highest BCUT2D eigenvalue weighted by molar-refractivity contribution is 7.80. The van der Waals surface area contributed by atoms with Gasteiger partial charge in [-0.1, -0.05) is 26.1 Å². The maximum atomic E-state index is 5.52. The van der Waals surface area contributed by atoms with Crippen molar-refractivity contribution >= 4 is 22.9 Å². The van der Waals surface area contributed by atoms with Crippen LogP contribution in [0.5, 0.6) is 0 Å². The summed E-state index contributed by atoms with van der Waals surface area (Å²) in [6, 6.07) is 4.39. The third-order valence-corrected chi connectivity index (χ3v) is 3.08. The maximum Gasteiger partial charge on any atom is 0.122 e. The molecule has 2 rings (SSSR count). The largest absolute Gasteiger partial charge is 0.388 e. The molecule has 1 heterocycles. The van der Waals surface area contributed by atoms with Gasteiger partial charge in [0.2, 0.25) is 0 Å². The van der Waals surface area contributed by atoms with E-state index in [0.717, 1.165) is 5.69 Å². The molecule has 0 saturated heterocycles. The van der Waals surface area contributed by atoms with Crippen LogP contribution in [0.3, 0.4) is 0 Å². The zero-order valence-corrected chi connectivity index (χ0v) is 9.77. The number of nitrogens with zero attached hydrogens (tertiary/aromatic N) is 1. The first-order valence-corrected chi connectivity index (χ1v) is 5.42. The summed E-state index contributed by atoms with van der Waals surface area (Å²) in [6.45, 7) is 4.50. The number of pyridine rings is 1. The fraction of sp³-hybridized carbons (Fsp3) is 0.455. The van der Waals surface area contributed by atoms with Gasteiger partial charge in [0, 0.05) is 17.9 Å². The number of aromatic nitrogens is 1. The predicted octanol–water partition coefficient (Wildman–Crippen LogP) is 1.93. The number of hydrogen-bond donors (Lipinski definition) is 2. The summed E-state index contributed by atoms with van der Waals surface area (Å²) in [5.74, 6) is 0. The zero-order valence-electron chi connectivity index (χ0n) is 8.95. The molecule has 1 aromatic rings. The van der Waals surface area contributed by atoms with Crippen molar-refractivity contribution in [1.29, 1.82) is 0 Å². The smallest absolute Gasteiger partial charge is 0.122 e. The van der Waals surface area contributed by atoms with Gasteiger partial charge in [0.25, 0.3) is 0 Å². The van der Waals surface area contributed by atoms with Gasteiger partial charge in [-0.2, -0.15) is 0 Å². The van der Waals surface area contributed by atoms with Gasteiger partial charge in [-0.15, -0.1) is 0 Å². The van der Waals surface area contributed by atoms with Crippen molar-refractivity contribution in [2.24, 2.45) is 11.1 Å². The molecule has 1 fully saturated rings. The van der Waals surface area contributed by atoms with Crippen molar-refractivity contribution in [3.05, 3.63) is 24.0 Å². The summed E-state index contributed by atoms with van der Waals surface area (Å²) >= 11 is 4.88. The highest BCUT2D eigenvalue weighted by Gasteiger charge is 2.45. The predicted molar refractivity (Wildman–Crippen MR) is 65.9 cm³/mol. The summed E-state index contributed by atoms with van der Waals surface area (Å²) in [5, 5.41) is 3.45. The Hall–Kier alpha value is -1.16. The lowest BCUT2D eigenvalue weighted by atomic mass is 10.2. The summed E-state index contributed by atoms with van der Waals surface area (Å²) < 4.78 is 0. The van der Waals surface area contributed by atoms with Crippen LogP contribution in [-0.2, 0) is 0 Å². The van der Waals surface area contributed by atoms with Gasteiger partial charge in [-0.3, -0.25) is 4.98 Å². The second-order valence-electron chi connectivity index (χ2n) is 4.68. The molecule has 0 spiro atoms. The minimum absolute atomic E-state index is 0.341. The van der Waals surface area contributed by atoms with E-state index in [1.807, 2.05) is 12.1 Å². The van der Waals surface area contributed by atoms with E-state index < -0.39 is 0 Å². The Morgan fingerprint density at radius 3 is 2.87 bits per heavy atom. The number of anilines is 1. The molecule has 0 radical (unpaired) electrons. The molecule has 0 aromatic carbocycles. The number of hydrogen-bond acceptors (Lipinski definition) is 3. The first-order valence-electron chi connectivity index (χ1n) is 5.01. The van der Waals surface area contributed by atoms with Crippen molar-refractivity contribution < 1.29 is 0 Å². The molecule has 0 aliphatic heterocycles. The first-order chi connectivity index (χ1) is 6.99. The lowest BCUT2D eigenvalue weighted by Crippen LogP contribution is -2.13. The molecule has 3 N–H and O–H groups in total. The molecule has 1 atom stereocenters. The van der Waals surface area contributed by atoms with Crippen molar-refractivity contribution in [3.8, 4) is 0 Å². The van der Waals surface area contributed by atoms with E-state index in [-0.39, 0.29) is 0 Å². The Labute approximate surface area is 95.1 Å². The van der Waals surface area contributed by atoms with Gasteiger partial charge in [-0.05, 0) is 24.0 Å². The molecule has 1 aliphatic carbocycles. The zero-order chi connectivity index (χ0) is 11.1. The molecule has 1 aliphatic rings. The van der Waals surface area contributed by atoms with Gasteiger partial charge in [0.05, 0.1) is 5.69 Å². The van der Waals surface area contributed by atoms with Crippen LogP contribution in [0.15, 0.2) is 18.3 Å². The minimum Gasteiger partial charge on any atom is -0.388 e. The van der Waals surface area contributed by atoms with Crippen LogP contribution >= 0.6 is 12.2 Å². The normalized spacial score (nSPS) is 22.1. The third kappa shape index (κ3) is 2.26.